The molecule has 1 heterocycles. The standard InChI is InChI=1S/C33H24ClF9N2O4/c34-22-8-10-27(44-17-22)31(16-19-5-1-3-18(11-19)4-2-6-28(46)47,21-13-23(35)15-24(14-21)49-33(42,43)30(37)38)45-29(48)20-7-9-26(36)25(12-20)32(39,40)41/h1,3,5,7-15,17,30H,2,4,6,16H2,(H,45,48)(H,46,47)/t31-/m0/s1. The first-order valence-corrected chi connectivity index (χ1v) is 14.5. The van der Waals surface area contributed by atoms with E-state index in [1.807, 2.05) is 0 Å². The Morgan fingerprint density at radius 1 is 0.918 bits per heavy atom. The summed E-state index contributed by atoms with van der Waals surface area (Å²) in [6.45, 7) is 0. The quantitative estimate of drug-likeness (QED) is 0.135. The van der Waals surface area contributed by atoms with Gasteiger partial charge in [0.1, 0.15) is 22.9 Å². The van der Waals surface area contributed by atoms with Gasteiger partial charge in [-0.2, -0.15) is 30.7 Å². The Morgan fingerprint density at radius 3 is 2.27 bits per heavy atom. The zero-order valence-electron chi connectivity index (χ0n) is 24.8. The first-order chi connectivity index (χ1) is 22.9. The predicted molar refractivity (Wildman–Crippen MR) is 158 cm³/mol. The van der Waals surface area contributed by atoms with E-state index in [-0.39, 0.29) is 36.0 Å². The zero-order valence-corrected chi connectivity index (χ0v) is 25.6. The van der Waals surface area contributed by atoms with Crippen molar-refractivity contribution in [2.24, 2.45) is 0 Å². The number of hydrogen-bond acceptors (Lipinski definition) is 4. The van der Waals surface area contributed by atoms with Gasteiger partial charge in [0.15, 0.2) is 0 Å². The molecule has 0 saturated heterocycles. The van der Waals surface area contributed by atoms with Gasteiger partial charge >= 0.3 is 24.7 Å². The SMILES string of the molecule is O=C(O)CCCc1cccc(C[C@](NC(=O)c2ccc(F)c(C(F)(F)F)c2)(c2cc(F)cc(OC(F)(F)C(F)F)c2)c2ccc(Cl)cn2)c1. The van der Waals surface area contributed by atoms with Crippen LogP contribution in [0.25, 0.3) is 0 Å². The van der Waals surface area contributed by atoms with Crippen LogP contribution in [0.4, 0.5) is 39.5 Å². The van der Waals surface area contributed by atoms with Gasteiger partial charge in [-0.25, -0.2) is 8.78 Å². The van der Waals surface area contributed by atoms with Crippen LogP contribution in [0.5, 0.6) is 5.75 Å². The van der Waals surface area contributed by atoms with Gasteiger partial charge in [-0.1, -0.05) is 35.9 Å². The first kappa shape index (κ1) is 37.0. The molecule has 2 N–H and O–H groups in total. The Balaban J connectivity index is 1.95. The molecule has 0 unspecified atom stereocenters. The lowest BCUT2D eigenvalue weighted by Gasteiger charge is -2.36. The minimum Gasteiger partial charge on any atom is -0.481 e. The van der Waals surface area contributed by atoms with Crippen molar-refractivity contribution < 1.29 is 58.9 Å². The van der Waals surface area contributed by atoms with Crippen LogP contribution in [-0.2, 0) is 29.4 Å². The maximum atomic E-state index is 15.1. The lowest BCUT2D eigenvalue weighted by atomic mass is 9.79. The number of carbonyl (C=O) groups excluding carboxylic acids is 1. The predicted octanol–water partition coefficient (Wildman–Crippen LogP) is 8.59. The van der Waals surface area contributed by atoms with Crippen LogP contribution in [0.15, 0.2) is 79.0 Å². The third-order valence-corrected chi connectivity index (χ3v) is 7.44. The highest BCUT2D eigenvalue weighted by Crippen LogP contribution is 2.38. The van der Waals surface area contributed by atoms with Gasteiger partial charge in [-0.3, -0.25) is 14.6 Å². The normalized spacial score (nSPS) is 13.2. The number of alkyl halides is 7. The highest BCUT2D eigenvalue weighted by Gasteiger charge is 2.45. The van der Waals surface area contributed by atoms with Gasteiger partial charge in [0.2, 0.25) is 0 Å². The van der Waals surface area contributed by atoms with Crippen LogP contribution in [0.1, 0.15) is 51.1 Å². The molecule has 0 saturated carbocycles. The van der Waals surface area contributed by atoms with Crippen LogP contribution in [0.2, 0.25) is 5.02 Å². The van der Waals surface area contributed by atoms with Gasteiger partial charge < -0.3 is 15.2 Å². The summed E-state index contributed by atoms with van der Waals surface area (Å²) in [7, 11) is 0. The van der Waals surface area contributed by atoms with Crippen LogP contribution < -0.4 is 10.1 Å². The van der Waals surface area contributed by atoms with Crippen molar-refractivity contribution in [1.29, 1.82) is 0 Å². The second-order valence-electron chi connectivity index (χ2n) is 10.8. The number of aryl methyl sites for hydroxylation is 1. The molecule has 3 aromatic carbocycles. The summed E-state index contributed by atoms with van der Waals surface area (Å²) in [5.74, 6) is -6.40. The number of aliphatic carboxylic acids is 1. The number of amides is 1. The minimum absolute atomic E-state index is 0.0672. The molecule has 0 aliphatic rings. The molecule has 6 nitrogen and oxygen atoms in total. The monoisotopic (exact) mass is 718 g/mol. The summed E-state index contributed by atoms with van der Waals surface area (Å²) in [6.07, 6.45) is -13.6. The molecule has 4 rings (SSSR count). The molecule has 260 valence electrons. The van der Waals surface area contributed by atoms with Crippen LogP contribution in [0.3, 0.4) is 0 Å². The number of nitrogens with one attached hydrogen (secondary N) is 1. The van der Waals surface area contributed by atoms with E-state index in [0.29, 0.717) is 23.3 Å². The Kier molecular flexibility index (Phi) is 11.2. The summed E-state index contributed by atoms with van der Waals surface area (Å²) >= 11 is 6.02. The number of rotatable bonds is 13. The molecular weight excluding hydrogens is 695 g/mol. The number of carboxylic acid groups (broad SMARTS) is 1. The molecule has 4 aromatic rings. The molecule has 49 heavy (non-hydrogen) atoms. The van der Waals surface area contributed by atoms with Crippen LogP contribution in [-0.4, -0.2) is 34.5 Å². The van der Waals surface area contributed by atoms with Gasteiger partial charge in [0.05, 0.1) is 16.3 Å². The third-order valence-electron chi connectivity index (χ3n) is 7.21. The summed E-state index contributed by atoms with van der Waals surface area (Å²) in [6, 6.07) is 12.1. The molecule has 0 aliphatic carbocycles. The van der Waals surface area contributed by atoms with E-state index in [1.165, 1.54) is 18.2 Å². The van der Waals surface area contributed by atoms with E-state index in [1.54, 1.807) is 18.2 Å². The Morgan fingerprint density at radius 2 is 1.63 bits per heavy atom. The molecular formula is C33H24ClF9N2O4. The van der Waals surface area contributed by atoms with Crippen molar-refractivity contribution in [3.63, 3.8) is 0 Å². The van der Waals surface area contributed by atoms with Gasteiger partial charge in [0, 0.05) is 30.7 Å². The zero-order chi connectivity index (χ0) is 36.1. The number of aromatic nitrogens is 1. The van der Waals surface area contributed by atoms with E-state index in [4.69, 9.17) is 16.7 Å². The number of halogens is 10. The number of benzene rings is 3. The molecule has 16 heteroatoms. The Labute approximate surface area is 277 Å². The Bertz CT molecular complexity index is 1820. The van der Waals surface area contributed by atoms with E-state index in [2.05, 4.69) is 15.0 Å². The van der Waals surface area contributed by atoms with Crippen LogP contribution >= 0.6 is 11.6 Å². The average Bonchev–Trinajstić information content (AvgIpc) is 3.00. The number of pyridine rings is 1. The molecule has 1 amide bonds. The molecule has 1 aromatic heterocycles. The molecule has 0 radical (unpaired) electrons. The Hall–Kier alpha value is -4.79. The number of nitrogens with zero attached hydrogens (tertiary/aromatic N) is 1. The largest absolute Gasteiger partial charge is 0.481 e. The molecule has 1 atom stereocenters. The lowest BCUT2D eigenvalue weighted by molar-refractivity contribution is -0.253. The lowest BCUT2D eigenvalue weighted by Crippen LogP contribution is -2.49. The van der Waals surface area contributed by atoms with E-state index in [0.717, 1.165) is 24.4 Å². The molecule has 0 bridgehead atoms. The van der Waals surface area contributed by atoms with Gasteiger partial charge in [-0.15, -0.1) is 0 Å². The molecule has 0 fully saturated rings. The fourth-order valence-corrected chi connectivity index (χ4v) is 5.13. The third kappa shape index (κ3) is 9.22. The second-order valence-corrected chi connectivity index (χ2v) is 11.2. The maximum Gasteiger partial charge on any atom is 0.461 e. The van der Waals surface area contributed by atoms with Crippen molar-refractivity contribution >= 4 is 23.5 Å². The summed E-state index contributed by atoms with van der Waals surface area (Å²) in [5, 5.41) is 11.6. The summed E-state index contributed by atoms with van der Waals surface area (Å²) in [4.78, 5) is 29.0. The highest BCUT2D eigenvalue weighted by atomic mass is 35.5. The molecule has 0 aliphatic heterocycles. The first-order valence-electron chi connectivity index (χ1n) is 14.2. The number of carboxylic acids is 1. The van der Waals surface area contributed by atoms with Gasteiger partial charge in [0.25, 0.3) is 5.91 Å². The number of carbonyl (C=O) groups is 2. The fraction of sp³-hybridized carbons (Fsp3) is 0.242. The number of ether oxygens (including phenoxy) is 1. The summed E-state index contributed by atoms with van der Waals surface area (Å²) in [5.41, 5.74) is -4.33. The van der Waals surface area contributed by atoms with Crippen molar-refractivity contribution in [2.45, 2.75) is 49.9 Å². The van der Waals surface area contributed by atoms with E-state index < -0.39 is 76.6 Å². The minimum atomic E-state index is -5.21. The van der Waals surface area contributed by atoms with Crippen molar-refractivity contribution in [3.8, 4) is 5.75 Å². The smallest absolute Gasteiger partial charge is 0.461 e. The topological polar surface area (TPSA) is 88.5 Å². The van der Waals surface area contributed by atoms with E-state index >= 15 is 4.39 Å². The van der Waals surface area contributed by atoms with Crippen molar-refractivity contribution in [1.82, 2.24) is 10.3 Å². The van der Waals surface area contributed by atoms with E-state index in [9.17, 15) is 44.7 Å². The highest BCUT2D eigenvalue weighted by molar-refractivity contribution is 6.30. The van der Waals surface area contributed by atoms with Crippen LogP contribution in [0, 0.1) is 11.6 Å². The molecule has 0 spiro atoms. The maximum absolute atomic E-state index is 15.1. The van der Waals surface area contributed by atoms with Gasteiger partial charge in [-0.05, 0) is 72.0 Å². The average molecular weight is 719 g/mol. The fourth-order valence-electron chi connectivity index (χ4n) is 5.01. The summed E-state index contributed by atoms with van der Waals surface area (Å²) < 4.78 is 128. The van der Waals surface area contributed by atoms with Crippen molar-refractivity contribution in [3.05, 3.63) is 129 Å². The van der Waals surface area contributed by atoms with Crippen molar-refractivity contribution in [2.75, 3.05) is 0 Å². The number of hydrogen-bond donors (Lipinski definition) is 2. The second kappa shape index (κ2) is 14.8.